The molecule has 2 unspecified atom stereocenters. The highest BCUT2D eigenvalue weighted by Gasteiger charge is 2.20. The number of nitrogens with zero attached hydrogens (tertiary/aromatic N) is 3. The molecular weight excluding hydrogens is 274 g/mol. The first kappa shape index (κ1) is 15.4. The summed E-state index contributed by atoms with van der Waals surface area (Å²) in [4.78, 5) is 10.7. The van der Waals surface area contributed by atoms with E-state index >= 15 is 0 Å². The summed E-state index contributed by atoms with van der Waals surface area (Å²) in [5.74, 6) is 1.73. The highest BCUT2D eigenvalue weighted by molar-refractivity contribution is 7.99. The average Bonchev–Trinajstić information content (AvgIpc) is 2.75. The lowest BCUT2D eigenvalue weighted by Crippen LogP contribution is -2.16. The van der Waals surface area contributed by atoms with Crippen molar-refractivity contribution in [2.45, 2.75) is 57.7 Å². The van der Waals surface area contributed by atoms with Gasteiger partial charge in [0.2, 0.25) is 0 Å². The van der Waals surface area contributed by atoms with Crippen LogP contribution in [0.1, 0.15) is 44.9 Å². The molecule has 0 aromatic carbocycles. The van der Waals surface area contributed by atoms with Gasteiger partial charge in [0.25, 0.3) is 0 Å². The van der Waals surface area contributed by atoms with Crippen LogP contribution in [0.4, 0.5) is 0 Å². The lowest BCUT2D eigenvalue weighted by atomic mass is 9.81. The maximum atomic E-state index is 10.7. The number of aromatic nitrogens is 3. The third-order valence-corrected chi connectivity index (χ3v) is 4.98. The minimum atomic E-state index is -0.816. The average molecular weight is 297 g/mol. The zero-order valence-electron chi connectivity index (χ0n) is 12.2. The summed E-state index contributed by atoms with van der Waals surface area (Å²) >= 11 is 1.25. The SMILES string of the molecule is Cc1nnc(SCC(=O)O)n1CCC1CCCC(C)C1. The maximum absolute atomic E-state index is 10.7. The predicted molar refractivity (Wildman–Crippen MR) is 78.9 cm³/mol. The standard InChI is InChI=1S/C14H23N3O2S/c1-10-4-3-5-12(8-10)6-7-17-11(2)15-16-14(17)20-9-13(18)19/h10,12H,3-9H2,1-2H3,(H,18,19). The van der Waals surface area contributed by atoms with Crippen molar-refractivity contribution in [1.82, 2.24) is 14.8 Å². The van der Waals surface area contributed by atoms with Crippen LogP contribution in [0, 0.1) is 18.8 Å². The molecule has 2 atom stereocenters. The zero-order valence-corrected chi connectivity index (χ0v) is 13.0. The van der Waals surface area contributed by atoms with Gasteiger partial charge in [-0.05, 0) is 31.6 Å². The molecule has 0 radical (unpaired) electrons. The number of aliphatic carboxylic acids is 1. The van der Waals surface area contributed by atoms with Crippen molar-refractivity contribution in [3.05, 3.63) is 5.82 Å². The fourth-order valence-corrected chi connectivity index (χ4v) is 3.72. The van der Waals surface area contributed by atoms with E-state index in [0.29, 0.717) is 0 Å². The second-order valence-corrected chi connectivity index (χ2v) is 6.73. The fraction of sp³-hybridized carbons (Fsp3) is 0.786. The second-order valence-electron chi connectivity index (χ2n) is 5.79. The Labute approximate surface area is 124 Å². The Hall–Kier alpha value is -1.04. The molecule has 1 aliphatic carbocycles. The molecule has 0 amide bonds. The van der Waals surface area contributed by atoms with E-state index in [-0.39, 0.29) is 5.75 Å². The summed E-state index contributed by atoms with van der Waals surface area (Å²) in [6.45, 7) is 5.17. The summed E-state index contributed by atoms with van der Waals surface area (Å²) in [6.07, 6.45) is 6.49. The first-order valence-electron chi connectivity index (χ1n) is 7.30. The van der Waals surface area contributed by atoms with E-state index in [1.807, 2.05) is 6.92 Å². The van der Waals surface area contributed by atoms with Gasteiger partial charge in [-0.2, -0.15) is 0 Å². The van der Waals surface area contributed by atoms with Crippen molar-refractivity contribution in [2.24, 2.45) is 11.8 Å². The molecule has 112 valence electrons. The summed E-state index contributed by atoms with van der Waals surface area (Å²) < 4.78 is 2.06. The number of carboxylic acids is 1. The second kappa shape index (κ2) is 7.11. The number of aryl methyl sites for hydroxylation is 1. The van der Waals surface area contributed by atoms with Crippen LogP contribution in [0.15, 0.2) is 5.16 Å². The molecule has 0 bridgehead atoms. The van der Waals surface area contributed by atoms with Crippen LogP contribution in [-0.4, -0.2) is 31.6 Å². The molecule has 1 fully saturated rings. The van der Waals surface area contributed by atoms with Gasteiger partial charge in [0, 0.05) is 6.54 Å². The fourth-order valence-electron chi connectivity index (χ4n) is 2.99. The van der Waals surface area contributed by atoms with Crippen molar-refractivity contribution < 1.29 is 9.90 Å². The highest BCUT2D eigenvalue weighted by Crippen LogP contribution is 2.31. The largest absolute Gasteiger partial charge is 0.481 e. The van der Waals surface area contributed by atoms with Crippen LogP contribution in [0.5, 0.6) is 0 Å². The van der Waals surface area contributed by atoms with Crippen LogP contribution in [-0.2, 0) is 11.3 Å². The van der Waals surface area contributed by atoms with E-state index in [2.05, 4.69) is 21.7 Å². The third kappa shape index (κ3) is 4.23. The predicted octanol–water partition coefficient (Wildman–Crippen LogP) is 2.98. The zero-order chi connectivity index (χ0) is 14.5. The Morgan fingerprint density at radius 2 is 2.25 bits per heavy atom. The quantitative estimate of drug-likeness (QED) is 0.818. The van der Waals surface area contributed by atoms with E-state index in [0.717, 1.165) is 35.8 Å². The summed E-state index contributed by atoms with van der Waals surface area (Å²) in [6, 6.07) is 0. The Bertz CT molecular complexity index is 461. The van der Waals surface area contributed by atoms with Gasteiger partial charge < -0.3 is 9.67 Å². The van der Waals surface area contributed by atoms with Crippen molar-refractivity contribution in [3.63, 3.8) is 0 Å². The van der Waals surface area contributed by atoms with Gasteiger partial charge in [-0.3, -0.25) is 4.79 Å². The number of carbonyl (C=O) groups is 1. The number of hydrogen-bond donors (Lipinski definition) is 1. The molecule has 1 aliphatic rings. The monoisotopic (exact) mass is 297 g/mol. The molecule has 1 aromatic rings. The van der Waals surface area contributed by atoms with Crippen molar-refractivity contribution in [2.75, 3.05) is 5.75 Å². The number of rotatable bonds is 6. The third-order valence-electron chi connectivity index (χ3n) is 4.03. The molecule has 1 saturated carbocycles. The lowest BCUT2D eigenvalue weighted by molar-refractivity contribution is -0.133. The molecule has 0 spiro atoms. The normalized spacial score (nSPS) is 22.9. The molecule has 5 nitrogen and oxygen atoms in total. The van der Waals surface area contributed by atoms with Gasteiger partial charge in [0.05, 0.1) is 5.75 Å². The maximum Gasteiger partial charge on any atom is 0.313 e. The number of carboxylic acid groups (broad SMARTS) is 1. The van der Waals surface area contributed by atoms with Crippen molar-refractivity contribution in [1.29, 1.82) is 0 Å². The Morgan fingerprint density at radius 1 is 1.45 bits per heavy atom. The molecular formula is C14H23N3O2S. The van der Waals surface area contributed by atoms with Gasteiger partial charge in [0.15, 0.2) is 5.16 Å². The Kier molecular flexibility index (Phi) is 5.46. The minimum absolute atomic E-state index is 0.0403. The van der Waals surface area contributed by atoms with E-state index in [9.17, 15) is 4.79 Å². The highest BCUT2D eigenvalue weighted by atomic mass is 32.2. The molecule has 2 rings (SSSR count). The molecule has 1 heterocycles. The number of hydrogen-bond acceptors (Lipinski definition) is 4. The Balaban J connectivity index is 1.91. The van der Waals surface area contributed by atoms with E-state index in [4.69, 9.17) is 5.11 Å². The first-order valence-corrected chi connectivity index (χ1v) is 8.29. The smallest absolute Gasteiger partial charge is 0.313 e. The van der Waals surface area contributed by atoms with Crippen LogP contribution < -0.4 is 0 Å². The lowest BCUT2D eigenvalue weighted by Gasteiger charge is -2.26. The topological polar surface area (TPSA) is 68.0 Å². The molecule has 0 aliphatic heterocycles. The van der Waals surface area contributed by atoms with E-state index in [1.165, 1.54) is 37.4 Å². The van der Waals surface area contributed by atoms with E-state index < -0.39 is 5.97 Å². The molecule has 6 heteroatoms. The minimum Gasteiger partial charge on any atom is -0.481 e. The molecule has 1 N–H and O–H groups in total. The molecule has 1 aromatic heterocycles. The summed E-state index contributed by atoms with van der Waals surface area (Å²) in [5, 5.41) is 17.6. The summed E-state index contributed by atoms with van der Waals surface area (Å²) in [5.41, 5.74) is 0. The van der Waals surface area contributed by atoms with Crippen LogP contribution in [0.2, 0.25) is 0 Å². The van der Waals surface area contributed by atoms with Gasteiger partial charge >= 0.3 is 5.97 Å². The number of thioether (sulfide) groups is 1. The van der Waals surface area contributed by atoms with E-state index in [1.54, 1.807) is 0 Å². The van der Waals surface area contributed by atoms with Crippen LogP contribution in [0.3, 0.4) is 0 Å². The first-order chi connectivity index (χ1) is 9.56. The van der Waals surface area contributed by atoms with Gasteiger partial charge in [-0.15, -0.1) is 10.2 Å². The van der Waals surface area contributed by atoms with Gasteiger partial charge in [-0.1, -0.05) is 37.9 Å². The van der Waals surface area contributed by atoms with Crippen LogP contribution >= 0.6 is 11.8 Å². The summed E-state index contributed by atoms with van der Waals surface area (Å²) in [7, 11) is 0. The van der Waals surface area contributed by atoms with Gasteiger partial charge in [-0.25, -0.2) is 0 Å². The molecule has 0 saturated heterocycles. The Morgan fingerprint density at radius 3 is 2.95 bits per heavy atom. The van der Waals surface area contributed by atoms with Crippen molar-refractivity contribution in [3.8, 4) is 0 Å². The van der Waals surface area contributed by atoms with Gasteiger partial charge in [0.1, 0.15) is 5.82 Å². The van der Waals surface area contributed by atoms with Crippen molar-refractivity contribution >= 4 is 17.7 Å². The van der Waals surface area contributed by atoms with Crippen LogP contribution in [0.25, 0.3) is 0 Å². The molecule has 20 heavy (non-hydrogen) atoms.